The molecule has 0 aliphatic heterocycles. The second kappa shape index (κ2) is 11.4. The van der Waals surface area contributed by atoms with E-state index < -0.39 is 7.60 Å². The predicted octanol–water partition coefficient (Wildman–Crippen LogP) is 4.62. The first kappa shape index (κ1) is 23.4. The molecule has 0 saturated heterocycles. The molecule has 0 radical (unpaired) electrons. The third kappa shape index (κ3) is 6.61. The molecule has 0 fully saturated rings. The molecule has 0 amide bonds. The van der Waals surface area contributed by atoms with Crippen LogP contribution in [0.15, 0.2) is 42.9 Å². The van der Waals surface area contributed by atoms with Crippen molar-refractivity contribution in [1.82, 2.24) is 19.9 Å². The first-order valence-corrected chi connectivity index (χ1v) is 12.3. The van der Waals surface area contributed by atoms with Crippen LogP contribution in [0.3, 0.4) is 0 Å². The van der Waals surface area contributed by atoms with Gasteiger partial charge < -0.3 is 23.7 Å². The van der Waals surface area contributed by atoms with Crippen LogP contribution in [0.5, 0.6) is 5.88 Å². The maximum atomic E-state index is 12.6. The molecule has 9 heteroatoms. The van der Waals surface area contributed by atoms with Gasteiger partial charge in [0.2, 0.25) is 5.88 Å². The van der Waals surface area contributed by atoms with E-state index in [1.54, 1.807) is 0 Å². The highest BCUT2D eigenvalue weighted by Gasteiger charge is 2.23. The van der Waals surface area contributed by atoms with Gasteiger partial charge >= 0.3 is 7.60 Å². The number of ether oxygens (including phenoxy) is 1. The number of H-pyrrole nitrogens is 1. The fraction of sp³-hybridized carbons (Fsp3) is 0.455. The second-order valence-electron chi connectivity index (χ2n) is 7.25. The monoisotopic (exact) mass is 446 g/mol. The van der Waals surface area contributed by atoms with Crippen molar-refractivity contribution in [3.05, 3.63) is 54.0 Å². The van der Waals surface area contributed by atoms with Crippen molar-refractivity contribution in [2.45, 2.75) is 33.4 Å². The van der Waals surface area contributed by atoms with Crippen LogP contribution >= 0.6 is 7.60 Å². The lowest BCUT2D eigenvalue weighted by Gasteiger charge is -2.19. The van der Waals surface area contributed by atoms with Crippen molar-refractivity contribution in [3.63, 3.8) is 0 Å². The molecule has 0 aliphatic rings. The van der Waals surface area contributed by atoms with Gasteiger partial charge in [0.15, 0.2) is 0 Å². The number of nitrogens with one attached hydrogen (secondary N) is 1. The van der Waals surface area contributed by atoms with Crippen LogP contribution in [0.25, 0.3) is 11.0 Å². The summed E-state index contributed by atoms with van der Waals surface area (Å²) < 4.78 is 29.2. The summed E-state index contributed by atoms with van der Waals surface area (Å²) in [6, 6.07) is 9.98. The van der Waals surface area contributed by atoms with Gasteiger partial charge in [0.25, 0.3) is 0 Å². The van der Waals surface area contributed by atoms with Gasteiger partial charge in [0.05, 0.1) is 24.9 Å². The average molecular weight is 446 g/mol. The van der Waals surface area contributed by atoms with Crippen molar-refractivity contribution in [2.75, 3.05) is 33.0 Å². The van der Waals surface area contributed by atoms with Crippen molar-refractivity contribution < 1.29 is 18.3 Å². The van der Waals surface area contributed by atoms with E-state index in [0.29, 0.717) is 38.4 Å². The fourth-order valence-corrected chi connectivity index (χ4v) is 5.04. The summed E-state index contributed by atoms with van der Waals surface area (Å²) in [5.74, 6) is 0.539. The number of nitrogens with zero attached hydrogens (tertiary/aromatic N) is 3. The Hall–Kier alpha value is -2.25. The molecule has 2 aromatic heterocycles. The van der Waals surface area contributed by atoms with Gasteiger partial charge in [-0.25, -0.2) is 4.98 Å². The molecule has 3 aromatic rings. The molecule has 8 nitrogen and oxygen atoms in total. The summed E-state index contributed by atoms with van der Waals surface area (Å²) in [6.07, 6.45) is 4.60. The van der Waals surface area contributed by atoms with Gasteiger partial charge in [0, 0.05) is 18.3 Å². The lowest BCUT2D eigenvalue weighted by atomic mass is 10.2. The summed E-state index contributed by atoms with van der Waals surface area (Å²) in [7, 11) is -0.968. The van der Waals surface area contributed by atoms with Crippen molar-refractivity contribution in [3.8, 4) is 5.88 Å². The van der Waals surface area contributed by atoms with Crippen LogP contribution in [0, 0.1) is 0 Å². The molecular formula is C22H31N4O4P. The maximum Gasteiger partial charge on any atom is 0.330 e. The molecule has 0 unspecified atom stereocenters. The topological polar surface area (TPSA) is 89.6 Å². The van der Waals surface area contributed by atoms with Crippen molar-refractivity contribution in [2.24, 2.45) is 0 Å². The number of hydrogen-bond donors (Lipinski definition) is 1. The molecule has 168 valence electrons. The Kier molecular flexibility index (Phi) is 8.60. The zero-order valence-corrected chi connectivity index (χ0v) is 19.3. The zero-order valence-electron chi connectivity index (χ0n) is 18.4. The van der Waals surface area contributed by atoms with Crippen LogP contribution in [-0.2, 0) is 26.8 Å². The van der Waals surface area contributed by atoms with Crippen LogP contribution in [-0.4, -0.2) is 52.8 Å². The number of benzene rings is 1. The largest absolute Gasteiger partial charge is 0.471 e. The van der Waals surface area contributed by atoms with E-state index in [2.05, 4.69) is 19.9 Å². The Bertz CT molecular complexity index is 986. The van der Waals surface area contributed by atoms with Gasteiger partial charge in [-0.05, 0) is 39.4 Å². The maximum absolute atomic E-state index is 12.6. The highest BCUT2D eigenvalue weighted by atomic mass is 31.2. The van der Waals surface area contributed by atoms with Gasteiger partial charge in [-0.2, -0.15) is 4.98 Å². The SMILES string of the molecule is CCOP(=O)(CCCN(C)Cc1c[nH]c2c(OCc3ccccc3)ncnc12)OCC. The summed E-state index contributed by atoms with van der Waals surface area (Å²) in [5, 5.41) is 0. The van der Waals surface area contributed by atoms with Crippen LogP contribution in [0.1, 0.15) is 31.4 Å². The standard InChI is InChI=1S/C22H31N4O4P/c1-4-29-31(27,30-5-2)13-9-12-26(3)15-19-14-23-21-20(19)24-17-25-22(21)28-16-18-10-7-6-8-11-18/h6-8,10-11,14,17,23H,4-5,9,12-13,15-16H2,1-3H3. The number of fused-ring (bicyclic) bond motifs is 1. The molecule has 1 aromatic carbocycles. The van der Waals surface area contributed by atoms with E-state index in [1.165, 1.54) is 6.33 Å². The Balaban J connectivity index is 1.58. The molecule has 1 N–H and O–H groups in total. The molecule has 0 saturated carbocycles. The third-order valence-corrected chi connectivity index (χ3v) is 6.96. The molecule has 3 rings (SSSR count). The van der Waals surface area contributed by atoms with Gasteiger partial charge in [-0.3, -0.25) is 4.57 Å². The van der Waals surface area contributed by atoms with E-state index in [-0.39, 0.29) is 0 Å². The van der Waals surface area contributed by atoms with E-state index in [4.69, 9.17) is 13.8 Å². The Morgan fingerprint density at radius 2 is 1.84 bits per heavy atom. The van der Waals surface area contributed by atoms with Crippen molar-refractivity contribution in [1.29, 1.82) is 0 Å². The summed E-state index contributed by atoms with van der Waals surface area (Å²) in [6.45, 7) is 6.33. The smallest absolute Gasteiger partial charge is 0.330 e. The second-order valence-corrected chi connectivity index (χ2v) is 9.44. The highest BCUT2D eigenvalue weighted by molar-refractivity contribution is 7.53. The first-order valence-electron chi connectivity index (χ1n) is 10.6. The normalized spacial score (nSPS) is 12.0. The summed E-state index contributed by atoms with van der Waals surface area (Å²) in [4.78, 5) is 14.1. The molecular weight excluding hydrogens is 415 g/mol. The molecule has 0 bridgehead atoms. The number of hydrogen-bond acceptors (Lipinski definition) is 7. The Morgan fingerprint density at radius 1 is 1.10 bits per heavy atom. The van der Waals surface area contributed by atoms with Crippen molar-refractivity contribution >= 4 is 18.6 Å². The average Bonchev–Trinajstić information content (AvgIpc) is 3.16. The number of aromatic amines is 1. The lowest BCUT2D eigenvalue weighted by molar-refractivity contribution is 0.218. The highest BCUT2D eigenvalue weighted by Crippen LogP contribution is 2.48. The summed E-state index contributed by atoms with van der Waals surface area (Å²) in [5.41, 5.74) is 3.78. The molecule has 0 aliphatic carbocycles. The number of aromatic nitrogens is 3. The minimum Gasteiger partial charge on any atom is -0.471 e. The minimum absolute atomic E-state index is 0.386. The number of rotatable bonds is 13. The van der Waals surface area contributed by atoms with E-state index in [1.807, 2.05) is 57.4 Å². The minimum atomic E-state index is -3.00. The Morgan fingerprint density at radius 3 is 2.55 bits per heavy atom. The van der Waals surface area contributed by atoms with Crippen LogP contribution in [0.4, 0.5) is 0 Å². The Labute approximate surface area is 183 Å². The van der Waals surface area contributed by atoms with Crippen LogP contribution < -0.4 is 4.74 Å². The lowest BCUT2D eigenvalue weighted by Crippen LogP contribution is -2.20. The molecule has 2 heterocycles. The fourth-order valence-electron chi connectivity index (χ4n) is 3.39. The zero-order chi connectivity index (χ0) is 22.1. The van der Waals surface area contributed by atoms with Gasteiger partial charge in [-0.1, -0.05) is 30.3 Å². The summed E-state index contributed by atoms with van der Waals surface area (Å²) >= 11 is 0. The first-order chi connectivity index (χ1) is 15.0. The molecule has 0 spiro atoms. The molecule has 31 heavy (non-hydrogen) atoms. The quantitative estimate of drug-likeness (QED) is 0.383. The third-order valence-electron chi connectivity index (χ3n) is 4.79. The van der Waals surface area contributed by atoms with Gasteiger partial charge in [0.1, 0.15) is 18.5 Å². The van der Waals surface area contributed by atoms with E-state index >= 15 is 0 Å². The molecule has 0 atom stereocenters. The van der Waals surface area contributed by atoms with Gasteiger partial charge in [-0.15, -0.1) is 0 Å². The van der Waals surface area contributed by atoms with Crippen LogP contribution in [0.2, 0.25) is 0 Å². The predicted molar refractivity (Wildman–Crippen MR) is 121 cm³/mol. The van der Waals surface area contributed by atoms with E-state index in [0.717, 1.165) is 35.1 Å². The van der Waals surface area contributed by atoms with E-state index in [9.17, 15) is 4.57 Å².